The summed E-state index contributed by atoms with van der Waals surface area (Å²) in [4.78, 5) is 8.33. The quantitative estimate of drug-likeness (QED) is 0.740. The predicted octanol–water partition coefficient (Wildman–Crippen LogP) is 1.60. The Hall–Kier alpha value is -1.29. The maximum atomic E-state index is 5.78. The minimum absolute atomic E-state index is 0.501. The van der Waals surface area contributed by atoms with Gasteiger partial charge < -0.3 is 9.13 Å². The standard InChI is InChI=1S/C10H13ClN4/c1-14-5-3-13-10(14)2-4-15-8-12-7-9(15)6-11/h3,5,7-8H,2,4,6H2,1H3. The second-order valence-electron chi connectivity index (χ2n) is 3.42. The Labute approximate surface area is 93.5 Å². The van der Waals surface area contributed by atoms with Crippen molar-refractivity contribution in [2.75, 3.05) is 0 Å². The Bertz CT molecular complexity index is 432. The fourth-order valence-corrected chi connectivity index (χ4v) is 1.74. The molecule has 0 spiro atoms. The molecule has 0 amide bonds. The molecule has 0 aromatic carbocycles. The van der Waals surface area contributed by atoms with Gasteiger partial charge in [0.15, 0.2) is 0 Å². The van der Waals surface area contributed by atoms with E-state index in [-0.39, 0.29) is 0 Å². The Morgan fingerprint density at radius 3 is 3.00 bits per heavy atom. The normalized spacial score (nSPS) is 10.8. The van der Waals surface area contributed by atoms with E-state index in [1.807, 2.05) is 24.0 Å². The molecule has 0 aliphatic heterocycles. The number of aromatic nitrogens is 4. The maximum absolute atomic E-state index is 5.78. The molecular weight excluding hydrogens is 212 g/mol. The van der Waals surface area contributed by atoms with Crippen LogP contribution in [0.2, 0.25) is 0 Å². The third-order valence-corrected chi connectivity index (χ3v) is 2.71. The molecule has 0 atom stereocenters. The highest BCUT2D eigenvalue weighted by Crippen LogP contribution is 2.05. The summed E-state index contributed by atoms with van der Waals surface area (Å²) in [6.45, 7) is 0.868. The van der Waals surface area contributed by atoms with Crippen LogP contribution in [0.1, 0.15) is 11.5 Å². The highest BCUT2D eigenvalue weighted by molar-refractivity contribution is 6.16. The molecule has 0 radical (unpaired) electrons. The molecule has 2 aromatic heterocycles. The molecule has 2 aromatic rings. The van der Waals surface area contributed by atoms with E-state index in [4.69, 9.17) is 11.6 Å². The van der Waals surface area contributed by atoms with E-state index in [2.05, 4.69) is 14.5 Å². The first-order valence-electron chi connectivity index (χ1n) is 4.82. The topological polar surface area (TPSA) is 35.6 Å². The number of aryl methyl sites for hydroxylation is 3. The van der Waals surface area contributed by atoms with Crippen LogP contribution in [0.4, 0.5) is 0 Å². The van der Waals surface area contributed by atoms with Crippen molar-refractivity contribution < 1.29 is 0 Å². The zero-order chi connectivity index (χ0) is 10.7. The van der Waals surface area contributed by atoms with Crippen LogP contribution in [-0.4, -0.2) is 19.1 Å². The summed E-state index contributed by atoms with van der Waals surface area (Å²) < 4.78 is 4.08. The smallest absolute Gasteiger partial charge is 0.110 e. The minimum atomic E-state index is 0.501. The molecule has 0 fully saturated rings. The van der Waals surface area contributed by atoms with Gasteiger partial charge in [0.1, 0.15) is 5.82 Å². The second kappa shape index (κ2) is 4.49. The first kappa shape index (κ1) is 10.2. The molecule has 0 saturated carbocycles. The monoisotopic (exact) mass is 224 g/mol. The van der Waals surface area contributed by atoms with Crippen molar-refractivity contribution in [2.45, 2.75) is 18.8 Å². The lowest BCUT2D eigenvalue weighted by Gasteiger charge is -2.05. The molecule has 5 heteroatoms. The van der Waals surface area contributed by atoms with Gasteiger partial charge in [-0.25, -0.2) is 9.97 Å². The number of hydrogen-bond donors (Lipinski definition) is 0. The second-order valence-corrected chi connectivity index (χ2v) is 3.68. The molecular formula is C10H13ClN4. The van der Waals surface area contributed by atoms with Crippen LogP contribution in [0.15, 0.2) is 24.9 Å². The van der Waals surface area contributed by atoms with E-state index in [9.17, 15) is 0 Å². The fraction of sp³-hybridized carbons (Fsp3) is 0.400. The van der Waals surface area contributed by atoms with Crippen LogP contribution in [0.3, 0.4) is 0 Å². The Morgan fingerprint density at radius 2 is 2.33 bits per heavy atom. The van der Waals surface area contributed by atoms with E-state index in [1.165, 1.54) is 0 Å². The number of imidazole rings is 2. The van der Waals surface area contributed by atoms with Crippen molar-refractivity contribution in [3.63, 3.8) is 0 Å². The first-order chi connectivity index (χ1) is 7.31. The molecule has 4 nitrogen and oxygen atoms in total. The van der Waals surface area contributed by atoms with E-state index in [0.29, 0.717) is 5.88 Å². The van der Waals surface area contributed by atoms with Gasteiger partial charge in [-0.05, 0) is 0 Å². The molecule has 2 heterocycles. The van der Waals surface area contributed by atoms with Gasteiger partial charge in [0.05, 0.1) is 17.9 Å². The van der Waals surface area contributed by atoms with E-state index < -0.39 is 0 Å². The lowest BCUT2D eigenvalue weighted by molar-refractivity contribution is 0.636. The lowest BCUT2D eigenvalue weighted by atomic mass is 10.4. The Morgan fingerprint density at radius 1 is 1.47 bits per heavy atom. The molecule has 0 aliphatic carbocycles. The number of hydrogen-bond acceptors (Lipinski definition) is 2. The first-order valence-corrected chi connectivity index (χ1v) is 5.36. The fourth-order valence-electron chi connectivity index (χ4n) is 1.52. The number of rotatable bonds is 4. The summed E-state index contributed by atoms with van der Waals surface area (Å²) in [6.07, 6.45) is 8.26. The summed E-state index contributed by atoms with van der Waals surface area (Å²) in [6, 6.07) is 0. The molecule has 2 rings (SSSR count). The zero-order valence-corrected chi connectivity index (χ0v) is 9.35. The van der Waals surface area contributed by atoms with Crippen molar-refractivity contribution >= 4 is 11.6 Å². The van der Waals surface area contributed by atoms with Gasteiger partial charge in [-0.3, -0.25) is 0 Å². The summed E-state index contributed by atoms with van der Waals surface area (Å²) in [5, 5.41) is 0. The van der Waals surface area contributed by atoms with Crippen LogP contribution in [0.5, 0.6) is 0 Å². The van der Waals surface area contributed by atoms with Gasteiger partial charge in [-0.2, -0.15) is 0 Å². The molecule has 0 aliphatic rings. The summed E-state index contributed by atoms with van der Waals surface area (Å²) >= 11 is 5.78. The molecule has 0 unspecified atom stereocenters. The van der Waals surface area contributed by atoms with Crippen molar-refractivity contribution in [1.82, 2.24) is 19.1 Å². The van der Waals surface area contributed by atoms with Gasteiger partial charge >= 0.3 is 0 Å². The van der Waals surface area contributed by atoms with Crippen LogP contribution >= 0.6 is 11.6 Å². The van der Waals surface area contributed by atoms with E-state index in [0.717, 1.165) is 24.5 Å². The van der Waals surface area contributed by atoms with Crippen LogP contribution in [0, 0.1) is 0 Å². The highest BCUT2D eigenvalue weighted by atomic mass is 35.5. The number of nitrogens with zero attached hydrogens (tertiary/aromatic N) is 4. The third kappa shape index (κ3) is 2.21. The number of halogens is 1. The third-order valence-electron chi connectivity index (χ3n) is 2.43. The minimum Gasteiger partial charge on any atom is -0.338 e. The highest BCUT2D eigenvalue weighted by Gasteiger charge is 2.03. The van der Waals surface area contributed by atoms with Gasteiger partial charge in [-0.1, -0.05) is 0 Å². The zero-order valence-electron chi connectivity index (χ0n) is 8.60. The van der Waals surface area contributed by atoms with E-state index in [1.54, 1.807) is 12.5 Å². The molecule has 80 valence electrons. The molecule has 0 N–H and O–H groups in total. The van der Waals surface area contributed by atoms with Gasteiger partial charge in [-0.15, -0.1) is 11.6 Å². The summed E-state index contributed by atoms with van der Waals surface area (Å²) in [7, 11) is 2.00. The summed E-state index contributed by atoms with van der Waals surface area (Å²) in [5.74, 6) is 1.57. The molecule has 0 saturated heterocycles. The average molecular weight is 225 g/mol. The summed E-state index contributed by atoms with van der Waals surface area (Å²) in [5.41, 5.74) is 1.05. The maximum Gasteiger partial charge on any atom is 0.110 e. The van der Waals surface area contributed by atoms with Crippen molar-refractivity contribution in [1.29, 1.82) is 0 Å². The van der Waals surface area contributed by atoms with Gasteiger partial charge in [0, 0.05) is 38.6 Å². The van der Waals surface area contributed by atoms with E-state index >= 15 is 0 Å². The van der Waals surface area contributed by atoms with Crippen molar-refractivity contribution in [2.24, 2.45) is 7.05 Å². The molecule has 15 heavy (non-hydrogen) atoms. The van der Waals surface area contributed by atoms with Gasteiger partial charge in [0.2, 0.25) is 0 Å². The van der Waals surface area contributed by atoms with Crippen LogP contribution < -0.4 is 0 Å². The Balaban J connectivity index is 2.02. The SMILES string of the molecule is Cn1ccnc1CCn1cncc1CCl. The number of alkyl halides is 1. The largest absolute Gasteiger partial charge is 0.338 e. The Kier molecular flexibility index (Phi) is 3.06. The van der Waals surface area contributed by atoms with Crippen LogP contribution in [-0.2, 0) is 25.9 Å². The van der Waals surface area contributed by atoms with Crippen LogP contribution in [0.25, 0.3) is 0 Å². The predicted molar refractivity (Wildman–Crippen MR) is 58.7 cm³/mol. The van der Waals surface area contributed by atoms with Crippen molar-refractivity contribution in [3.8, 4) is 0 Å². The molecule has 0 bridgehead atoms. The van der Waals surface area contributed by atoms with Gasteiger partial charge in [0.25, 0.3) is 0 Å². The average Bonchev–Trinajstić information content (AvgIpc) is 2.83. The lowest BCUT2D eigenvalue weighted by Crippen LogP contribution is -2.06. The van der Waals surface area contributed by atoms with Crippen molar-refractivity contribution in [3.05, 3.63) is 36.4 Å².